The summed E-state index contributed by atoms with van der Waals surface area (Å²) in [5, 5.41) is 3.35. The Kier molecular flexibility index (Phi) is 6.23. The maximum Gasteiger partial charge on any atom is 0.222 e. The van der Waals surface area contributed by atoms with Gasteiger partial charge in [0.15, 0.2) is 0 Å². The number of nitrogens with zero attached hydrogens (tertiary/aromatic N) is 1. The van der Waals surface area contributed by atoms with Crippen molar-refractivity contribution in [3.8, 4) is 0 Å². The van der Waals surface area contributed by atoms with Crippen molar-refractivity contribution in [3.63, 3.8) is 0 Å². The Morgan fingerprint density at radius 3 is 3.00 bits per heavy atom. The van der Waals surface area contributed by atoms with Crippen LogP contribution in [0.3, 0.4) is 0 Å². The minimum Gasteiger partial charge on any atom is -0.381 e. The second-order valence-corrected chi connectivity index (χ2v) is 4.96. The fraction of sp³-hybridized carbons (Fsp3) is 0.917. The van der Waals surface area contributed by atoms with E-state index in [9.17, 15) is 4.79 Å². The van der Waals surface area contributed by atoms with Crippen LogP contribution >= 0.6 is 12.4 Å². The lowest BCUT2D eigenvalue weighted by molar-refractivity contribution is -0.132. The lowest BCUT2D eigenvalue weighted by atomic mass is 10.0. The van der Waals surface area contributed by atoms with Gasteiger partial charge < -0.3 is 15.0 Å². The molecule has 2 fully saturated rings. The molecule has 0 aliphatic carbocycles. The highest BCUT2D eigenvalue weighted by Gasteiger charge is 2.22. The molecule has 2 aliphatic heterocycles. The van der Waals surface area contributed by atoms with Crippen molar-refractivity contribution in [2.45, 2.75) is 32.2 Å². The third-order valence-corrected chi connectivity index (χ3v) is 3.51. The predicted molar refractivity (Wildman–Crippen MR) is 69.5 cm³/mol. The molecule has 0 radical (unpaired) electrons. The average molecular weight is 263 g/mol. The SMILES string of the molecule is CC1CN(C(=O)CCC2CCOC2)CCN1.Cl. The molecule has 2 heterocycles. The highest BCUT2D eigenvalue weighted by atomic mass is 35.5. The molecule has 0 aromatic rings. The van der Waals surface area contributed by atoms with Gasteiger partial charge in [0, 0.05) is 45.3 Å². The van der Waals surface area contributed by atoms with E-state index >= 15 is 0 Å². The van der Waals surface area contributed by atoms with Crippen molar-refractivity contribution in [2.24, 2.45) is 5.92 Å². The molecule has 2 atom stereocenters. The fourth-order valence-corrected chi connectivity index (χ4v) is 2.46. The number of nitrogens with one attached hydrogen (secondary N) is 1. The first-order valence-corrected chi connectivity index (χ1v) is 6.34. The first-order valence-electron chi connectivity index (χ1n) is 6.34. The Morgan fingerprint density at radius 2 is 2.35 bits per heavy atom. The van der Waals surface area contributed by atoms with Crippen LogP contribution in [0.5, 0.6) is 0 Å². The van der Waals surface area contributed by atoms with Crippen LogP contribution in [0.15, 0.2) is 0 Å². The summed E-state index contributed by atoms with van der Waals surface area (Å²) in [6, 6.07) is 0.438. The summed E-state index contributed by atoms with van der Waals surface area (Å²) >= 11 is 0. The molecule has 0 aromatic carbocycles. The minimum absolute atomic E-state index is 0. The van der Waals surface area contributed by atoms with Crippen molar-refractivity contribution in [1.82, 2.24) is 10.2 Å². The number of carbonyl (C=O) groups excluding carboxylic acids is 1. The number of halogens is 1. The smallest absolute Gasteiger partial charge is 0.222 e. The minimum atomic E-state index is 0. The standard InChI is InChI=1S/C12H22N2O2.ClH/c1-10-8-14(6-5-13-10)12(15)3-2-11-4-7-16-9-11;/h10-11,13H,2-9H2,1H3;1H. The Labute approximate surface area is 109 Å². The summed E-state index contributed by atoms with van der Waals surface area (Å²) in [6.45, 7) is 6.52. The largest absolute Gasteiger partial charge is 0.381 e. The Hall–Kier alpha value is -0.320. The van der Waals surface area contributed by atoms with E-state index in [0.29, 0.717) is 24.3 Å². The molecular formula is C12H23ClN2O2. The van der Waals surface area contributed by atoms with Crippen molar-refractivity contribution in [1.29, 1.82) is 0 Å². The molecule has 4 nitrogen and oxygen atoms in total. The maximum absolute atomic E-state index is 12.0. The molecule has 2 aliphatic rings. The molecule has 0 aromatic heterocycles. The summed E-state index contributed by atoms with van der Waals surface area (Å²) in [4.78, 5) is 14.0. The van der Waals surface area contributed by atoms with Crippen LogP contribution in [-0.4, -0.2) is 49.7 Å². The third-order valence-electron chi connectivity index (χ3n) is 3.51. The molecule has 1 amide bonds. The van der Waals surface area contributed by atoms with Gasteiger partial charge in [-0.3, -0.25) is 4.79 Å². The molecule has 2 rings (SSSR count). The van der Waals surface area contributed by atoms with Crippen LogP contribution in [0.4, 0.5) is 0 Å². The van der Waals surface area contributed by atoms with E-state index in [1.807, 2.05) is 4.90 Å². The first kappa shape index (κ1) is 14.7. The fourth-order valence-electron chi connectivity index (χ4n) is 2.46. The van der Waals surface area contributed by atoms with E-state index in [-0.39, 0.29) is 12.4 Å². The summed E-state index contributed by atoms with van der Waals surface area (Å²) in [6.07, 6.45) is 2.82. The van der Waals surface area contributed by atoms with E-state index in [4.69, 9.17) is 4.74 Å². The highest BCUT2D eigenvalue weighted by molar-refractivity contribution is 5.85. The number of hydrogen-bond donors (Lipinski definition) is 1. The molecule has 1 N–H and O–H groups in total. The molecule has 17 heavy (non-hydrogen) atoms. The Balaban J connectivity index is 0.00000144. The van der Waals surface area contributed by atoms with Crippen LogP contribution in [0, 0.1) is 5.92 Å². The lowest BCUT2D eigenvalue weighted by Gasteiger charge is -2.32. The van der Waals surface area contributed by atoms with Gasteiger partial charge in [0.05, 0.1) is 0 Å². The molecule has 0 saturated carbocycles. The quantitative estimate of drug-likeness (QED) is 0.827. The van der Waals surface area contributed by atoms with Gasteiger partial charge in [-0.25, -0.2) is 0 Å². The number of hydrogen-bond acceptors (Lipinski definition) is 3. The maximum atomic E-state index is 12.0. The van der Waals surface area contributed by atoms with Gasteiger partial charge in [0.2, 0.25) is 5.91 Å². The van der Waals surface area contributed by atoms with Crippen molar-refractivity contribution in [3.05, 3.63) is 0 Å². The lowest BCUT2D eigenvalue weighted by Crippen LogP contribution is -2.51. The topological polar surface area (TPSA) is 41.6 Å². The van der Waals surface area contributed by atoms with E-state index < -0.39 is 0 Å². The van der Waals surface area contributed by atoms with E-state index in [2.05, 4.69) is 12.2 Å². The first-order chi connectivity index (χ1) is 7.75. The summed E-state index contributed by atoms with van der Waals surface area (Å²) in [7, 11) is 0. The van der Waals surface area contributed by atoms with Crippen LogP contribution in [0.25, 0.3) is 0 Å². The zero-order valence-electron chi connectivity index (χ0n) is 10.5. The Morgan fingerprint density at radius 1 is 1.53 bits per heavy atom. The zero-order chi connectivity index (χ0) is 11.4. The summed E-state index contributed by atoms with van der Waals surface area (Å²) < 4.78 is 5.32. The van der Waals surface area contributed by atoms with Crippen molar-refractivity contribution in [2.75, 3.05) is 32.8 Å². The molecule has 100 valence electrons. The number of ether oxygens (including phenoxy) is 1. The van der Waals surface area contributed by atoms with Gasteiger partial charge in [-0.1, -0.05) is 0 Å². The van der Waals surface area contributed by atoms with Crippen LogP contribution in [0.1, 0.15) is 26.2 Å². The molecule has 2 saturated heterocycles. The van der Waals surface area contributed by atoms with Gasteiger partial charge in [-0.05, 0) is 25.7 Å². The second kappa shape index (κ2) is 7.19. The monoisotopic (exact) mass is 262 g/mol. The van der Waals surface area contributed by atoms with Gasteiger partial charge in [0.1, 0.15) is 0 Å². The van der Waals surface area contributed by atoms with Gasteiger partial charge in [-0.2, -0.15) is 0 Å². The van der Waals surface area contributed by atoms with Crippen molar-refractivity contribution >= 4 is 18.3 Å². The number of rotatable bonds is 3. The number of amides is 1. The summed E-state index contributed by atoms with van der Waals surface area (Å²) in [5.41, 5.74) is 0. The predicted octanol–water partition coefficient (Wildman–Crippen LogP) is 1.05. The van der Waals surface area contributed by atoms with E-state index in [1.54, 1.807) is 0 Å². The Bertz CT molecular complexity index is 245. The normalized spacial score (nSPS) is 28.9. The van der Waals surface area contributed by atoms with Gasteiger partial charge >= 0.3 is 0 Å². The van der Waals surface area contributed by atoms with E-state index in [1.165, 1.54) is 0 Å². The molecule has 0 bridgehead atoms. The van der Waals surface area contributed by atoms with E-state index in [0.717, 1.165) is 45.7 Å². The number of piperazine rings is 1. The van der Waals surface area contributed by atoms with Gasteiger partial charge in [0.25, 0.3) is 0 Å². The second-order valence-electron chi connectivity index (χ2n) is 4.96. The molecule has 2 unspecified atom stereocenters. The van der Waals surface area contributed by atoms with Crippen LogP contribution in [0.2, 0.25) is 0 Å². The van der Waals surface area contributed by atoms with Crippen molar-refractivity contribution < 1.29 is 9.53 Å². The zero-order valence-corrected chi connectivity index (χ0v) is 11.3. The molecule has 0 spiro atoms. The van der Waals surface area contributed by atoms with Crippen LogP contribution < -0.4 is 5.32 Å². The summed E-state index contributed by atoms with van der Waals surface area (Å²) in [5.74, 6) is 0.935. The van der Waals surface area contributed by atoms with Gasteiger partial charge in [-0.15, -0.1) is 12.4 Å². The number of carbonyl (C=O) groups is 1. The highest BCUT2D eigenvalue weighted by Crippen LogP contribution is 2.18. The average Bonchev–Trinajstić information content (AvgIpc) is 2.78. The molecule has 5 heteroatoms. The van der Waals surface area contributed by atoms with Crippen LogP contribution in [-0.2, 0) is 9.53 Å². The third kappa shape index (κ3) is 4.45. The molecular weight excluding hydrogens is 240 g/mol.